The number of benzene rings is 1. The van der Waals surface area contributed by atoms with E-state index in [1.165, 1.54) is 12.1 Å². The molecule has 14 heavy (non-hydrogen) atoms. The summed E-state index contributed by atoms with van der Waals surface area (Å²) < 4.78 is 19.3. The van der Waals surface area contributed by atoms with Gasteiger partial charge in [-0.15, -0.1) is 0 Å². The second-order valence-corrected chi connectivity index (χ2v) is 4.26. The van der Waals surface area contributed by atoms with Crippen LogP contribution in [0.15, 0.2) is 16.6 Å². The van der Waals surface area contributed by atoms with Crippen LogP contribution in [0.1, 0.15) is 24.4 Å². The Morgan fingerprint density at radius 3 is 3.07 bits per heavy atom. The van der Waals surface area contributed by atoms with Crippen molar-refractivity contribution in [1.82, 2.24) is 0 Å². The van der Waals surface area contributed by atoms with E-state index < -0.39 is 0 Å². The van der Waals surface area contributed by atoms with Crippen LogP contribution in [-0.2, 0) is 0 Å². The van der Waals surface area contributed by atoms with Crippen molar-refractivity contribution in [3.05, 3.63) is 28.0 Å². The van der Waals surface area contributed by atoms with Gasteiger partial charge >= 0.3 is 0 Å². The van der Waals surface area contributed by atoms with Gasteiger partial charge in [-0.1, -0.05) is 0 Å². The molecule has 2 nitrogen and oxygen atoms in total. The minimum absolute atomic E-state index is 0.125. The zero-order chi connectivity index (χ0) is 10.1. The maximum absolute atomic E-state index is 13.1. The van der Waals surface area contributed by atoms with Crippen LogP contribution >= 0.6 is 15.9 Å². The second-order valence-electron chi connectivity index (χ2n) is 3.40. The third kappa shape index (κ3) is 1.77. The van der Waals surface area contributed by atoms with Crippen molar-refractivity contribution in [2.45, 2.75) is 18.9 Å². The van der Waals surface area contributed by atoms with Gasteiger partial charge in [0.1, 0.15) is 11.6 Å². The molecule has 0 aliphatic carbocycles. The lowest BCUT2D eigenvalue weighted by molar-refractivity contribution is 0.314. The number of hydrogen-bond acceptors (Lipinski definition) is 2. The first-order valence-corrected chi connectivity index (χ1v) is 5.35. The van der Waals surface area contributed by atoms with Crippen LogP contribution in [0.5, 0.6) is 5.75 Å². The number of halogens is 2. The van der Waals surface area contributed by atoms with Gasteiger partial charge in [0.25, 0.3) is 0 Å². The summed E-state index contributed by atoms with van der Waals surface area (Å²) in [7, 11) is 0. The second kappa shape index (κ2) is 3.87. The van der Waals surface area contributed by atoms with Crippen molar-refractivity contribution in [3.63, 3.8) is 0 Å². The van der Waals surface area contributed by atoms with Crippen molar-refractivity contribution in [1.29, 1.82) is 0 Å². The lowest BCUT2D eigenvalue weighted by atomic mass is 10.0. The fraction of sp³-hybridized carbons (Fsp3) is 0.400. The van der Waals surface area contributed by atoms with Gasteiger partial charge in [-0.05, 0) is 40.9 Å². The van der Waals surface area contributed by atoms with E-state index in [0.717, 1.165) is 18.4 Å². The molecule has 1 heterocycles. The molecule has 0 radical (unpaired) electrons. The molecule has 0 amide bonds. The Labute approximate surface area is 90.4 Å². The highest BCUT2D eigenvalue weighted by molar-refractivity contribution is 9.10. The highest BCUT2D eigenvalue weighted by Crippen LogP contribution is 2.36. The van der Waals surface area contributed by atoms with Crippen LogP contribution in [0, 0.1) is 5.82 Å². The maximum atomic E-state index is 13.1. The van der Waals surface area contributed by atoms with Gasteiger partial charge in [-0.3, -0.25) is 0 Å². The summed E-state index contributed by atoms with van der Waals surface area (Å²) in [6, 6.07) is 2.73. The normalized spacial score (nSPS) is 20.9. The van der Waals surface area contributed by atoms with Crippen LogP contribution < -0.4 is 10.5 Å². The Balaban J connectivity index is 2.53. The van der Waals surface area contributed by atoms with Gasteiger partial charge < -0.3 is 10.5 Å². The van der Waals surface area contributed by atoms with Crippen molar-refractivity contribution < 1.29 is 9.13 Å². The van der Waals surface area contributed by atoms with Crippen LogP contribution in [0.4, 0.5) is 4.39 Å². The molecule has 76 valence electrons. The third-order valence-electron chi connectivity index (χ3n) is 2.34. The SMILES string of the molecule is NC1CCCOc2c(Br)cc(F)cc21. The largest absolute Gasteiger partial charge is 0.492 e. The molecule has 2 rings (SSSR count). The Morgan fingerprint density at radius 2 is 2.29 bits per heavy atom. The fourth-order valence-electron chi connectivity index (χ4n) is 1.64. The van der Waals surface area contributed by atoms with E-state index in [-0.39, 0.29) is 11.9 Å². The van der Waals surface area contributed by atoms with Crippen LogP contribution in [0.3, 0.4) is 0 Å². The number of rotatable bonds is 0. The van der Waals surface area contributed by atoms with Gasteiger partial charge in [0, 0.05) is 11.6 Å². The highest BCUT2D eigenvalue weighted by Gasteiger charge is 2.19. The topological polar surface area (TPSA) is 35.2 Å². The number of fused-ring (bicyclic) bond motifs is 1. The predicted molar refractivity (Wildman–Crippen MR) is 55.8 cm³/mol. The van der Waals surface area contributed by atoms with Gasteiger partial charge in [0.2, 0.25) is 0 Å². The van der Waals surface area contributed by atoms with E-state index in [2.05, 4.69) is 15.9 Å². The third-order valence-corrected chi connectivity index (χ3v) is 2.93. The molecule has 0 fully saturated rings. The van der Waals surface area contributed by atoms with E-state index >= 15 is 0 Å². The number of ether oxygens (including phenoxy) is 1. The lowest BCUT2D eigenvalue weighted by Gasteiger charge is -2.13. The zero-order valence-corrected chi connectivity index (χ0v) is 9.18. The molecule has 1 aromatic rings. The fourth-order valence-corrected chi connectivity index (χ4v) is 2.20. The van der Waals surface area contributed by atoms with E-state index in [1.807, 2.05) is 0 Å². The molecule has 0 saturated carbocycles. The monoisotopic (exact) mass is 259 g/mol. The minimum atomic E-state index is -0.281. The molecule has 1 aromatic carbocycles. The van der Waals surface area contributed by atoms with Crippen molar-refractivity contribution >= 4 is 15.9 Å². The van der Waals surface area contributed by atoms with E-state index in [9.17, 15) is 4.39 Å². The maximum Gasteiger partial charge on any atom is 0.138 e. The molecular weight excluding hydrogens is 249 g/mol. The summed E-state index contributed by atoms with van der Waals surface area (Å²) in [4.78, 5) is 0. The summed E-state index contributed by atoms with van der Waals surface area (Å²) in [6.07, 6.45) is 1.74. The first kappa shape index (κ1) is 9.93. The molecule has 4 heteroatoms. The van der Waals surface area contributed by atoms with E-state index in [1.54, 1.807) is 0 Å². The molecule has 1 aliphatic rings. The first-order valence-electron chi connectivity index (χ1n) is 4.56. The molecule has 0 spiro atoms. The standard InChI is InChI=1S/C10H11BrFNO/c11-8-5-6(12)4-7-9(13)2-1-3-14-10(7)8/h4-5,9H,1-3,13H2. The zero-order valence-electron chi connectivity index (χ0n) is 7.59. The molecule has 0 saturated heterocycles. The van der Waals surface area contributed by atoms with Gasteiger partial charge in [0.15, 0.2) is 0 Å². The number of nitrogens with two attached hydrogens (primary N) is 1. The summed E-state index contributed by atoms with van der Waals surface area (Å²) >= 11 is 3.27. The van der Waals surface area contributed by atoms with Gasteiger partial charge in [-0.2, -0.15) is 0 Å². The quantitative estimate of drug-likeness (QED) is 0.778. The Morgan fingerprint density at radius 1 is 1.50 bits per heavy atom. The van der Waals surface area contributed by atoms with Gasteiger partial charge in [0.05, 0.1) is 11.1 Å². The summed E-state index contributed by atoms with van der Waals surface area (Å²) in [5, 5.41) is 0. The molecule has 0 bridgehead atoms. The Hall–Kier alpha value is -0.610. The summed E-state index contributed by atoms with van der Waals surface area (Å²) in [5.41, 5.74) is 6.68. The Kier molecular flexibility index (Phi) is 2.74. The van der Waals surface area contributed by atoms with Crippen LogP contribution in [0.2, 0.25) is 0 Å². The summed E-state index contributed by atoms with van der Waals surface area (Å²) in [6.45, 7) is 0.644. The highest BCUT2D eigenvalue weighted by atomic mass is 79.9. The minimum Gasteiger partial charge on any atom is -0.492 e. The average molecular weight is 260 g/mol. The van der Waals surface area contributed by atoms with Crippen molar-refractivity contribution in [2.75, 3.05) is 6.61 Å². The molecule has 1 atom stereocenters. The summed E-state index contributed by atoms with van der Waals surface area (Å²) in [5.74, 6) is 0.410. The van der Waals surface area contributed by atoms with Crippen LogP contribution in [0.25, 0.3) is 0 Å². The molecule has 2 N–H and O–H groups in total. The molecule has 1 unspecified atom stereocenters. The molecule has 1 aliphatic heterocycles. The van der Waals surface area contributed by atoms with E-state index in [4.69, 9.17) is 10.5 Å². The first-order chi connectivity index (χ1) is 6.68. The van der Waals surface area contributed by atoms with Crippen molar-refractivity contribution in [2.24, 2.45) is 5.73 Å². The van der Waals surface area contributed by atoms with Crippen LogP contribution in [-0.4, -0.2) is 6.61 Å². The molecule has 0 aromatic heterocycles. The predicted octanol–water partition coefficient (Wildman–Crippen LogP) is 2.76. The molecular formula is C10H11BrFNO. The van der Waals surface area contributed by atoms with Gasteiger partial charge in [-0.25, -0.2) is 4.39 Å². The smallest absolute Gasteiger partial charge is 0.138 e. The van der Waals surface area contributed by atoms with E-state index in [0.29, 0.717) is 16.8 Å². The Bertz CT molecular complexity index is 356. The van der Waals surface area contributed by atoms with Crippen molar-refractivity contribution in [3.8, 4) is 5.75 Å². The number of hydrogen-bond donors (Lipinski definition) is 1. The average Bonchev–Trinajstić information content (AvgIpc) is 2.29. The lowest BCUT2D eigenvalue weighted by Crippen LogP contribution is -2.09.